The van der Waals surface area contributed by atoms with Gasteiger partial charge in [-0.15, -0.1) is 0 Å². The molecule has 0 saturated heterocycles. The average molecular weight is 185 g/mol. The molecule has 1 fully saturated rings. The average Bonchev–Trinajstić information content (AvgIpc) is 2.95. The van der Waals surface area contributed by atoms with Crippen molar-refractivity contribution in [2.24, 2.45) is 17.6 Å². The van der Waals surface area contributed by atoms with Crippen LogP contribution in [0.25, 0.3) is 0 Å². The molecular formula is C11H23NO. The second kappa shape index (κ2) is 4.97. The molecule has 1 aliphatic carbocycles. The van der Waals surface area contributed by atoms with Crippen LogP contribution < -0.4 is 5.73 Å². The Morgan fingerprint density at radius 1 is 1.38 bits per heavy atom. The molecule has 78 valence electrons. The van der Waals surface area contributed by atoms with Crippen molar-refractivity contribution >= 4 is 0 Å². The van der Waals surface area contributed by atoms with E-state index in [2.05, 4.69) is 20.8 Å². The lowest BCUT2D eigenvalue weighted by atomic mass is 9.93. The summed E-state index contributed by atoms with van der Waals surface area (Å²) in [4.78, 5) is 0. The van der Waals surface area contributed by atoms with Crippen molar-refractivity contribution in [3.63, 3.8) is 0 Å². The van der Waals surface area contributed by atoms with Crippen molar-refractivity contribution in [2.75, 3.05) is 6.61 Å². The molecule has 0 heterocycles. The lowest BCUT2D eigenvalue weighted by molar-refractivity contribution is 0.0157. The van der Waals surface area contributed by atoms with Crippen LogP contribution in [0.3, 0.4) is 0 Å². The standard InChI is InChI=1S/C11H23NO/c1-4-8(3)10(12)11(13-5-2)9-6-7-9/h8-11H,4-7,12H2,1-3H3. The highest BCUT2D eigenvalue weighted by Crippen LogP contribution is 2.37. The maximum Gasteiger partial charge on any atom is 0.0756 e. The Bertz CT molecular complexity index is 145. The molecule has 0 bridgehead atoms. The van der Waals surface area contributed by atoms with Gasteiger partial charge in [0, 0.05) is 12.6 Å². The molecule has 0 radical (unpaired) electrons. The predicted molar refractivity (Wildman–Crippen MR) is 55.6 cm³/mol. The van der Waals surface area contributed by atoms with Crippen LogP contribution in [0.4, 0.5) is 0 Å². The lowest BCUT2D eigenvalue weighted by Gasteiger charge is -2.28. The van der Waals surface area contributed by atoms with Crippen molar-refractivity contribution in [3.8, 4) is 0 Å². The number of hydrogen-bond donors (Lipinski definition) is 1. The third-order valence-electron chi connectivity index (χ3n) is 3.13. The number of hydrogen-bond acceptors (Lipinski definition) is 2. The van der Waals surface area contributed by atoms with Gasteiger partial charge in [-0.2, -0.15) is 0 Å². The highest BCUT2D eigenvalue weighted by Gasteiger charge is 2.37. The van der Waals surface area contributed by atoms with Gasteiger partial charge in [-0.1, -0.05) is 20.3 Å². The third-order valence-corrected chi connectivity index (χ3v) is 3.13. The van der Waals surface area contributed by atoms with Gasteiger partial charge in [0.25, 0.3) is 0 Å². The third kappa shape index (κ3) is 2.96. The lowest BCUT2D eigenvalue weighted by Crippen LogP contribution is -2.43. The first-order valence-electron chi connectivity index (χ1n) is 5.57. The molecule has 0 aromatic rings. The monoisotopic (exact) mass is 185 g/mol. The van der Waals surface area contributed by atoms with Gasteiger partial charge in [-0.25, -0.2) is 0 Å². The second-order valence-corrected chi connectivity index (χ2v) is 4.22. The second-order valence-electron chi connectivity index (χ2n) is 4.22. The first-order chi connectivity index (χ1) is 6.20. The highest BCUT2D eigenvalue weighted by atomic mass is 16.5. The van der Waals surface area contributed by atoms with E-state index in [0.717, 1.165) is 18.9 Å². The van der Waals surface area contributed by atoms with Crippen LogP contribution in [0.15, 0.2) is 0 Å². The molecule has 0 spiro atoms. The minimum Gasteiger partial charge on any atom is -0.377 e. The first kappa shape index (κ1) is 11.0. The van der Waals surface area contributed by atoms with Gasteiger partial charge in [0.05, 0.1) is 6.10 Å². The summed E-state index contributed by atoms with van der Waals surface area (Å²) in [6, 6.07) is 0.234. The molecular weight excluding hydrogens is 162 g/mol. The summed E-state index contributed by atoms with van der Waals surface area (Å²) in [5.74, 6) is 1.33. The van der Waals surface area contributed by atoms with E-state index >= 15 is 0 Å². The normalized spacial score (nSPS) is 24.0. The summed E-state index contributed by atoms with van der Waals surface area (Å²) >= 11 is 0. The molecule has 0 aromatic heterocycles. The Hall–Kier alpha value is -0.0800. The van der Waals surface area contributed by atoms with E-state index in [1.807, 2.05) is 0 Å². The van der Waals surface area contributed by atoms with Gasteiger partial charge in [-0.3, -0.25) is 0 Å². The topological polar surface area (TPSA) is 35.2 Å². The van der Waals surface area contributed by atoms with Crippen molar-refractivity contribution in [3.05, 3.63) is 0 Å². The quantitative estimate of drug-likeness (QED) is 0.688. The van der Waals surface area contributed by atoms with E-state index in [1.165, 1.54) is 12.8 Å². The summed E-state index contributed by atoms with van der Waals surface area (Å²) in [6.07, 6.45) is 4.10. The van der Waals surface area contributed by atoms with E-state index in [-0.39, 0.29) is 6.04 Å². The highest BCUT2D eigenvalue weighted by molar-refractivity contribution is 4.90. The number of ether oxygens (including phenoxy) is 1. The maximum atomic E-state index is 6.17. The predicted octanol–water partition coefficient (Wildman–Crippen LogP) is 2.17. The Morgan fingerprint density at radius 2 is 2.00 bits per heavy atom. The summed E-state index contributed by atoms with van der Waals surface area (Å²) < 4.78 is 5.73. The van der Waals surface area contributed by atoms with Gasteiger partial charge in [0.15, 0.2) is 0 Å². The Kier molecular flexibility index (Phi) is 4.20. The van der Waals surface area contributed by atoms with Crippen LogP contribution in [0.2, 0.25) is 0 Å². The van der Waals surface area contributed by atoms with Gasteiger partial charge in [-0.05, 0) is 31.6 Å². The van der Waals surface area contributed by atoms with Crippen LogP contribution >= 0.6 is 0 Å². The molecule has 2 nitrogen and oxygen atoms in total. The summed E-state index contributed by atoms with van der Waals surface area (Å²) in [7, 11) is 0. The maximum absolute atomic E-state index is 6.17. The molecule has 1 aliphatic rings. The SMILES string of the molecule is CCOC(C1CC1)C(N)C(C)CC. The fraction of sp³-hybridized carbons (Fsp3) is 1.00. The van der Waals surface area contributed by atoms with Crippen LogP contribution in [0.5, 0.6) is 0 Å². The van der Waals surface area contributed by atoms with Crippen LogP contribution in [-0.4, -0.2) is 18.8 Å². The fourth-order valence-electron chi connectivity index (χ4n) is 1.77. The van der Waals surface area contributed by atoms with E-state index in [4.69, 9.17) is 10.5 Å². The number of rotatable bonds is 6. The molecule has 0 aliphatic heterocycles. The molecule has 1 rings (SSSR count). The molecule has 13 heavy (non-hydrogen) atoms. The zero-order valence-corrected chi connectivity index (χ0v) is 9.12. The molecule has 2 heteroatoms. The van der Waals surface area contributed by atoms with Gasteiger partial charge in [0.1, 0.15) is 0 Å². The zero-order valence-electron chi connectivity index (χ0n) is 9.12. The summed E-state index contributed by atoms with van der Waals surface area (Å²) in [5.41, 5.74) is 6.17. The zero-order chi connectivity index (χ0) is 9.84. The van der Waals surface area contributed by atoms with E-state index in [9.17, 15) is 0 Å². The van der Waals surface area contributed by atoms with Gasteiger partial charge < -0.3 is 10.5 Å². The summed E-state index contributed by atoms with van der Waals surface area (Å²) in [6.45, 7) is 7.27. The number of nitrogens with two attached hydrogens (primary N) is 1. The van der Waals surface area contributed by atoms with E-state index < -0.39 is 0 Å². The molecule has 3 unspecified atom stereocenters. The van der Waals surface area contributed by atoms with E-state index in [1.54, 1.807) is 0 Å². The van der Waals surface area contributed by atoms with Crippen LogP contribution in [-0.2, 0) is 4.74 Å². The molecule has 3 atom stereocenters. The Balaban J connectivity index is 2.42. The van der Waals surface area contributed by atoms with Crippen molar-refractivity contribution < 1.29 is 4.74 Å². The van der Waals surface area contributed by atoms with E-state index in [0.29, 0.717) is 12.0 Å². The van der Waals surface area contributed by atoms with Crippen molar-refractivity contribution in [2.45, 2.75) is 52.2 Å². The minimum atomic E-state index is 0.234. The summed E-state index contributed by atoms with van der Waals surface area (Å²) in [5, 5.41) is 0. The van der Waals surface area contributed by atoms with Crippen LogP contribution in [0, 0.1) is 11.8 Å². The Labute approximate surface area is 81.8 Å². The Morgan fingerprint density at radius 3 is 2.38 bits per heavy atom. The largest absolute Gasteiger partial charge is 0.377 e. The molecule has 0 aromatic carbocycles. The first-order valence-corrected chi connectivity index (χ1v) is 5.57. The fourth-order valence-corrected chi connectivity index (χ4v) is 1.77. The van der Waals surface area contributed by atoms with Crippen molar-refractivity contribution in [1.29, 1.82) is 0 Å². The molecule has 2 N–H and O–H groups in total. The van der Waals surface area contributed by atoms with Crippen molar-refractivity contribution in [1.82, 2.24) is 0 Å². The molecule has 1 saturated carbocycles. The molecule has 0 amide bonds. The van der Waals surface area contributed by atoms with Crippen LogP contribution in [0.1, 0.15) is 40.0 Å². The van der Waals surface area contributed by atoms with Gasteiger partial charge in [0.2, 0.25) is 0 Å². The smallest absolute Gasteiger partial charge is 0.0756 e. The minimum absolute atomic E-state index is 0.234. The van der Waals surface area contributed by atoms with Gasteiger partial charge >= 0.3 is 0 Å².